The van der Waals surface area contributed by atoms with Crippen molar-refractivity contribution in [1.29, 1.82) is 0 Å². The second kappa shape index (κ2) is 5.20. The monoisotopic (exact) mass is 279 g/mol. The summed E-state index contributed by atoms with van der Waals surface area (Å²) in [7, 11) is 0. The van der Waals surface area contributed by atoms with Crippen molar-refractivity contribution in [2.75, 3.05) is 5.32 Å². The number of rotatable bonds is 3. The lowest BCUT2D eigenvalue weighted by Gasteiger charge is -2.09. The van der Waals surface area contributed by atoms with E-state index in [9.17, 15) is 10.1 Å². The molecule has 0 amide bonds. The number of non-ortho nitro benzene ring substituents is 1. The van der Waals surface area contributed by atoms with Crippen molar-refractivity contribution >= 4 is 28.0 Å². The van der Waals surface area contributed by atoms with Crippen molar-refractivity contribution in [1.82, 2.24) is 4.98 Å². The third kappa shape index (κ3) is 2.67. The first-order valence-electron chi connectivity index (χ1n) is 6.50. The molecule has 0 saturated carbocycles. The van der Waals surface area contributed by atoms with Gasteiger partial charge in [-0.3, -0.25) is 15.1 Å². The minimum absolute atomic E-state index is 0.0796. The molecule has 0 radical (unpaired) electrons. The zero-order valence-corrected chi connectivity index (χ0v) is 11.4. The van der Waals surface area contributed by atoms with Gasteiger partial charge in [0.15, 0.2) is 0 Å². The van der Waals surface area contributed by atoms with E-state index in [-0.39, 0.29) is 5.69 Å². The van der Waals surface area contributed by atoms with Gasteiger partial charge in [-0.25, -0.2) is 0 Å². The van der Waals surface area contributed by atoms with Gasteiger partial charge in [0.2, 0.25) is 0 Å². The quantitative estimate of drug-likeness (QED) is 0.576. The summed E-state index contributed by atoms with van der Waals surface area (Å²) in [6.07, 6.45) is 1.74. The van der Waals surface area contributed by atoms with Crippen LogP contribution < -0.4 is 5.32 Å². The molecule has 2 aromatic carbocycles. The molecule has 0 saturated heterocycles. The Balaban J connectivity index is 1.97. The molecule has 1 heterocycles. The molecule has 1 aromatic heterocycles. The molecule has 5 heteroatoms. The molecule has 0 fully saturated rings. The first-order chi connectivity index (χ1) is 10.1. The maximum Gasteiger partial charge on any atom is 0.269 e. The van der Waals surface area contributed by atoms with Crippen LogP contribution >= 0.6 is 0 Å². The molecule has 0 aliphatic heterocycles. The second-order valence-electron chi connectivity index (χ2n) is 4.81. The smallest absolute Gasteiger partial charge is 0.269 e. The molecule has 0 atom stereocenters. The maximum absolute atomic E-state index is 10.7. The summed E-state index contributed by atoms with van der Waals surface area (Å²) < 4.78 is 0. The van der Waals surface area contributed by atoms with Crippen molar-refractivity contribution < 1.29 is 4.92 Å². The Hall–Kier alpha value is -2.95. The van der Waals surface area contributed by atoms with Crippen LogP contribution in [0.2, 0.25) is 0 Å². The average Bonchev–Trinajstić information content (AvgIpc) is 2.48. The Labute approximate surface area is 121 Å². The third-order valence-electron chi connectivity index (χ3n) is 3.25. The summed E-state index contributed by atoms with van der Waals surface area (Å²) in [6, 6.07) is 14.3. The lowest BCUT2D eigenvalue weighted by molar-refractivity contribution is -0.384. The minimum Gasteiger partial charge on any atom is -0.355 e. The zero-order valence-electron chi connectivity index (χ0n) is 11.4. The van der Waals surface area contributed by atoms with E-state index in [0.717, 1.165) is 27.8 Å². The molecule has 0 bridgehead atoms. The van der Waals surface area contributed by atoms with Crippen molar-refractivity contribution in [3.05, 3.63) is 70.4 Å². The Morgan fingerprint density at radius 2 is 1.86 bits per heavy atom. The Kier molecular flexibility index (Phi) is 3.23. The SMILES string of the molecule is Cc1ccc2nccc(Nc3ccc([N+](=O)[O-])cc3)c2c1. The van der Waals surface area contributed by atoms with Crippen molar-refractivity contribution in [2.45, 2.75) is 6.92 Å². The highest BCUT2D eigenvalue weighted by Gasteiger charge is 2.06. The number of nitro benzene ring substituents is 1. The van der Waals surface area contributed by atoms with E-state index in [2.05, 4.69) is 16.4 Å². The summed E-state index contributed by atoms with van der Waals surface area (Å²) in [5, 5.41) is 15.0. The van der Waals surface area contributed by atoms with Gasteiger partial charge in [-0.2, -0.15) is 0 Å². The van der Waals surface area contributed by atoms with Gasteiger partial charge in [-0.15, -0.1) is 0 Å². The lowest BCUT2D eigenvalue weighted by Crippen LogP contribution is -1.94. The van der Waals surface area contributed by atoms with E-state index in [1.54, 1.807) is 18.3 Å². The van der Waals surface area contributed by atoms with Crippen LogP contribution in [0.4, 0.5) is 17.1 Å². The Morgan fingerprint density at radius 1 is 1.10 bits per heavy atom. The predicted molar refractivity (Wildman–Crippen MR) is 82.9 cm³/mol. The fourth-order valence-electron chi connectivity index (χ4n) is 2.19. The van der Waals surface area contributed by atoms with E-state index in [0.29, 0.717) is 0 Å². The van der Waals surface area contributed by atoms with E-state index in [4.69, 9.17) is 0 Å². The van der Waals surface area contributed by atoms with E-state index in [1.165, 1.54) is 12.1 Å². The van der Waals surface area contributed by atoms with Crippen LogP contribution in [0.3, 0.4) is 0 Å². The molecule has 3 rings (SSSR count). The number of anilines is 2. The Bertz CT molecular complexity index is 813. The molecule has 0 spiro atoms. The van der Waals surface area contributed by atoms with Gasteiger partial charge in [-0.05, 0) is 37.3 Å². The number of nitrogens with zero attached hydrogens (tertiary/aromatic N) is 2. The minimum atomic E-state index is -0.408. The van der Waals surface area contributed by atoms with Gasteiger partial charge in [0, 0.05) is 35.1 Å². The van der Waals surface area contributed by atoms with Crippen LogP contribution in [-0.2, 0) is 0 Å². The van der Waals surface area contributed by atoms with Gasteiger partial charge in [0.25, 0.3) is 5.69 Å². The van der Waals surface area contributed by atoms with Gasteiger partial charge >= 0.3 is 0 Å². The fraction of sp³-hybridized carbons (Fsp3) is 0.0625. The zero-order chi connectivity index (χ0) is 14.8. The van der Waals surface area contributed by atoms with Crippen molar-refractivity contribution in [3.8, 4) is 0 Å². The summed E-state index contributed by atoms with van der Waals surface area (Å²) in [5.41, 5.74) is 3.87. The molecular formula is C16H13N3O2. The Morgan fingerprint density at radius 3 is 2.57 bits per heavy atom. The first-order valence-corrected chi connectivity index (χ1v) is 6.50. The van der Waals surface area contributed by atoms with Crippen LogP contribution in [0.25, 0.3) is 10.9 Å². The summed E-state index contributed by atoms with van der Waals surface area (Å²) in [4.78, 5) is 14.6. The lowest BCUT2D eigenvalue weighted by atomic mass is 10.1. The molecule has 5 nitrogen and oxygen atoms in total. The second-order valence-corrected chi connectivity index (χ2v) is 4.81. The highest BCUT2D eigenvalue weighted by atomic mass is 16.6. The number of nitro groups is 1. The van der Waals surface area contributed by atoms with E-state index < -0.39 is 4.92 Å². The van der Waals surface area contributed by atoms with Gasteiger partial charge in [0.05, 0.1) is 10.4 Å². The number of hydrogen-bond acceptors (Lipinski definition) is 4. The molecule has 1 N–H and O–H groups in total. The number of benzene rings is 2. The van der Waals surface area contributed by atoms with Crippen LogP contribution in [0.5, 0.6) is 0 Å². The molecule has 0 unspecified atom stereocenters. The number of fused-ring (bicyclic) bond motifs is 1. The van der Waals surface area contributed by atoms with Gasteiger partial charge in [0.1, 0.15) is 0 Å². The van der Waals surface area contributed by atoms with Crippen LogP contribution in [0.15, 0.2) is 54.7 Å². The molecule has 0 aliphatic carbocycles. The number of nitrogens with one attached hydrogen (secondary N) is 1. The van der Waals surface area contributed by atoms with Gasteiger partial charge in [-0.1, -0.05) is 11.6 Å². The maximum atomic E-state index is 10.7. The highest BCUT2D eigenvalue weighted by molar-refractivity contribution is 5.93. The number of aromatic nitrogens is 1. The topological polar surface area (TPSA) is 68.1 Å². The summed E-state index contributed by atoms with van der Waals surface area (Å²) in [6.45, 7) is 2.03. The fourth-order valence-corrected chi connectivity index (χ4v) is 2.19. The molecule has 0 aliphatic rings. The summed E-state index contributed by atoms with van der Waals surface area (Å²) in [5.74, 6) is 0. The standard InChI is InChI=1S/C16H13N3O2/c1-11-2-7-15-14(10-11)16(8-9-17-15)18-12-3-5-13(6-4-12)19(20)21/h2-10H,1H3,(H,17,18). The molecule has 104 valence electrons. The molecular weight excluding hydrogens is 266 g/mol. The first kappa shape index (κ1) is 13.1. The normalized spacial score (nSPS) is 10.5. The number of aryl methyl sites for hydroxylation is 1. The third-order valence-corrected chi connectivity index (χ3v) is 3.25. The largest absolute Gasteiger partial charge is 0.355 e. The van der Waals surface area contributed by atoms with Crippen molar-refractivity contribution in [3.63, 3.8) is 0 Å². The summed E-state index contributed by atoms with van der Waals surface area (Å²) >= 11 is 0. The van der Waals surface area contributed by atoms with Crippen LogP contribution in [-0.4, -0.2) is 9.91 Å². The van der Waals surface area contributed by atoms with E-state index in [1.807, 2.05) is 25.1 Å². The van der Waals surface area contributed by atoms with Crippen LogP contribution in [0.1, 0.15) is 5.56 Å². The predicted octanol–water partition coefficient (Wildman–Crippen LogP) is 4.20. The van der Waals surface area contributed by atoms with E-state index >= 15 is 0 Å². The van der Waals surface area contributed by atoms with Crippen molar-refractivity contribution in [2.24, 2.45) is 0 Å². The average molecular weight is 279 g/mol. The molecule has 21 heavy (non-hydrogen) atoms. The number of pyridine rings is 1. The van der Waals surface area contributed by atoms with Gasteiger partial charge < -0.3 is 5.32 Å². The molecule has 3 aromatic rings. The number of hydrogen-bond donors (Lipinski definition) is 1. The highest BCUT2D eigenvalue weighted by Crippen LogP contribution is 2.26. The van der Waals surface area contributed by atoms with Crippen LogP contribution in [0, 0.1) is 17.0 Å².